The molecule has 0 radical (unpaired) electrons. The van der Waals surface area contributed by atoms with Crippen LogP contribution in [-0.2, 0) is 0 Å². The van der Waals surface area contributed by atoms with Gasteiger partial charge in [-0.3, -0.25) is 0 Å². The lowest BCUT2D eigenvalue weighted by Crippen LogP contribution is -2.34. The maximum atomic E-state index is 12.9. The number of benzene rings is 1. The first-order chi connectivity index (χ1) is 7.66. The lowest BCUT2D eigenvalue weighted by molar-refractivity contribution is 0.00685. The minimum atomic E-state index is -0.460. The van der Waals surface area contributed by atoms with Gasteiger partial charge in [-0.1, -0.05) is 18.0 Å². The van der Waals surface area contributed by atoms with Crippen LogP contribution in [0, 0.1) is 5.82 Å². The molecule has 0 amide bonds. The predicted octanol–water partition coefficient (Wildman–Crippen LogP) is 3.16. The molecule has 0 spiro atoms. The fourth-order valence-electron chi connectivity index (χ4n) is 1.94. The Morgan fingerprint density at radius 1 is 1.31 bits per heavy atom. The molecule has 0 heterocycles. The van der Waals surface area contributed by atoms with E-state index in [1.807, 2.05) is 0 Å². The Morgan fingerprint density at radius 3 is 2.75 bits per heavy atom. The number of hydrogen-bond acceptors (Lipinski definition) is 2. The minimum absolute atomic E-state index is 0.0443. The molecule has 2 nitrogen and oxygen atoms in total. The van der Waals surface area contributed by atoms with Crippen molar-refractivity contribution in [3.05, 3.63) is 29.0 Å². The van der Waals surface area contributed by atoms with Crippen molar-refractivity contribution in [2.24, 2.45) is 0 Å². The van der Waals surface area contributed by atoms with Crippen LogP contribution in [0.2, 0.25) is 5.02 Å². The van der Waals surface area contributed by atoms with Crippen molar-refractivity contribution in [1.82, 2.24) is 0 Å². The highest BCUT2D eigenvalue weighted by Gasteiger charge is 2.24. The van der Waals surface area contributed by atoms with E-state index in [4.69, 9.17) is 16.3 Å². The van der Waals surface area contributed by atoms with Gasteiger partial charge in [0.15, 0.2) is 0 Å². The summed E-state index contributed by atoms with van der Waals surface area (Å²) in [5.74, 6) is 0.0514. The van der Waals surface area contributed by atoms with E-state index >= 15 is 0 Å². The summed E-state index contributed by atoms with van der Waals surface area (Å²) in [7, 11) is 0. The standard InChI is InChI=1S/C12H14ClFO2/c13-9-7-8(5-6-10(9)14)16-12-4-2-1-3-11(12)15/h5-7,11-12,15H,1-4H2/t11-,12-/m0/s1. The van der Waals surface area contributed by atoms with Gasteiger partial charge in [0.05, 0.1) is 11.1 Å². The summed E-state index contributed by atoms with van der Waals surface area (Å²) < 4.78 is 18.5. The van der Waals surface area contributed by atoms with E-state index < -0.39 is 11.9 Å². The predicted molar refractivity (Wildman–Crippen MR) is 60.3 cm³/mol. The average Bonchev–Trinajstić information content (AvgIpc) is 2.27. The first-order valence-electron chi connectivity index (χ1n) is 5.46. The lowest BCUT2D eigenvalue weighted by Gasteiger charge is -2.28. The van der Waals surface area contributed by atoms with Crippen LogP contribution in [0.5, 0.6) is 5.75 Å². The van der Waals surface area contributed by atoms with Gasteiger partial charge in [-0.25, -0.2) is 4.39 Å². The Bertz CT molecular complexity index is 370. The van der Waals surface area contributed by atoms with Crippen LogP contribution in [0.3, 0.4) is 0 Å². The van der Waals surface area contributed by atoms with E-state index in [-0.39, 0.29) is 11.1 Å². The molecule has 0 saturated heterocycles. The zero-order chi connectivity index (χ0) is 11.5. The molecule has 0 bridgehead atoms. The normalized spacial score (nSPS) is 25.4. The molecule has 1 fully saturated rings. The van der Waals surface area contributed by atoms with Gasteiger partial charge in [-0.2, -0.15) is 0 Å². The highest BCUT2D eigenvalue weighted by molar-refractivity contribution is 6.30. The van der Waals surface area contributed by atoms with Crippen molar-refractivity contribution in [2.75, 3.05) is 0 Å². The third-order valence-corrected chi connectivity index (χ3v) is 3.14. The van der Waals surface area contributed by atoms with E-state index in [1.54, 1.807) is 0 Å². The first-order valence-corrected chi connectivity index (χ1v) is 5.84. The molecule has 0 unspecified atom stereocenters. The molecule has 1 aliphatic carbocycles. The molecule has 2 atom stereocenters. The molecule has 1 aliphatic rings. The van der Waals surface area contributed by atoms with Crippen LogP contribution in [0.15, 0.2) is 18.2 Å². The van der Waals surface area contributed by atoms with E-state index in [9.17, 15) is 9.50 Å². The quantitative estimate of drug-likeness (QED) is 0.866. The number of aliphatic hydroxyl groups is 1. The zero-order valence-electron chi connectivity index (χ0n) is 8.83. The SMILES string of the molecule is O[C@H]1CCCC[C@@H]1Oc1ccc(F)c(Cl)c1. The summed E-state index contributed by atoms with van der Waals surface area (Å²) in [5, 5.41) is 9.77. The molecule has 0 aliphatic heterocycles. The molecule has 4 heteroatoms. The summed E-state index contributed by atoms with van der Waals surface area (Å²) in [5.41, 5.74) is 0. The number of rotatable bonds is 2. The van der Waals surface area contributed by atoms with E-state index in [1.165, 1.54) is 18.2 Å². The van der Waals surface area contributed by atoms with E-state index in [0.717, 1.165) is 25.7 Å². The van der Waals surface area contributed by atoms with Crippen molar-refractivity contribution < 1.29 is 14.2 Å². The largest absolute Gasteiger partial charge is 0.488 e. The van der Waals surface area contributed by atoms with Gasteiger partial charge in [0.25, 0.3) is 0 Å². The minimum Gasteiger partial charge on any atom is -0.488 e. The summed E-state index contributed by atoms with van der Waals surface area (Å²) in [6.07, 6.45) is 3.05. The fraction of sp³-hybridized carbons (Fsp3) is 0.500. The Labute approximate surface area is 99.0 Å². The van der Waals surface area contributed by atoms with Crippen molar-refractivity contribution in [2.45, 2.75) is 37.9 Å². The topological polar surface area (TPSA) is 29.5 Å². The van der Waals surface area contributed by atoms with Gasteiger partial charge in [0.2, 0.25) is 0 Å². The molecule has 1 saturated carbocycles. The number of halogens is 2. The lowest BCUT2D eigenvalue weighted by atomic mass is 9.95. The number of hydrogen-bond donors (Lipinski definition) is 1. The molecule has 2 rings (SSSR count). The third kappa shape index (κ3) is 2.66. The second-order valence-corrected chi connectivity index (χ2v) is 4.49. The molecular formula is C12H14ClFO2. The molecule has 0 aromatic heterocycles. The third-order valence-electron chi connectivity index (χ3n) is 2.85. The summed E-state index contributed by atoms with van der Waals surface area (Å²) in [6.45, 7) is 0. The Morgan fingerprint density at radius 2 is 2.06 bits per heavy atom. The first kappa shape index (κ1) is 11.7. The van der Waals surface area contributed by atoms with Crippen molar-refractivity contribution >= 4 is 11.6 Å². The van der Waals surface area contributed by atoms with Gasteiger partial charge in [-0.15, -0.1) is 0 Å². The van der Waals surface area contributed by atoms with E-state index in [0.29, 0.717) is 5.75 Å². The molecule has 16 heavy (non-hydrogen) atoms. The van der Waals surface area contributed by atoms with Gasteiger partial charge in [0, 0.05) is 6.07 Å². The molecule has 88 valence electrons. The van der Waals surface area contributed by atoms with Gasteiger partial charge in [0.1, 0.15) is 17.7 Å². The second-order valence-electron chi connectivity index (χ2n) is 4.08. The number of aliphatic hydroxyl groups excluding tert-OH is 1. The van der Waals surface area contributed by atoms with Gasteiger partial charge in [-0.05, 0) is 31.4 Å². The monoisotopic (exact) mass is 244 g/mol. The highest BCUT2D eigenvalue weighted by Crippen LogP contribution is 2.26. The summed E-state index contributed by atoms with van der Waals surface area (Å²) >= 11 is 5.65. The summed E-state index contributed by atoms with van der Waals surface area (Å²) in [6, 6.07) is 4.24. The molecule has 1 aromatic carbocycles. The molecular weight excluding hydrogens is 231 g/mol. The van der Waals surface area contributed by atoms with Crippen molar-refractivity contribution in [3.8, 4) is 5.75 Å². The maximum absolute atomic E-state index is 12.9. The Balaban J connectivity index is 2.05. The van der Waals surface area contributed by atoms with Gasteiger partial charge < -0.3 is 9.84 Å². The molecule has 1 aromatic rings. The van der Waals surface area contributed by atoms with Crippen LogP contribution < -0.4 is 4.74 Å². The van der Waals surface area contributed by atoms with Crippen molar-refractivity contribution in [3.63, 3.8) is 0 Å². The summed E-state index contributed by atoms with van der Waals surface area (Å²) in [4.78, 5) is 0. The number of ether oxygens (including phenoxy) is 1. The Kier molecular flexibility index (Phi) is 3.66. The van der Waals surface area contributed by atoms with E-state index in [2.05, 4.69) is 0 Å². The average molecular weight is 245 g/mol. The fourth-order valence-corrected chi connectivity index (χ4v) is 2.11. The van der Waals surface area contributed by atoms with Crippen molar-refractivity contribution in [1.29, 1.82) is 0 Å². The smallest absolute Gasteiger partial charge is 0.142 e. The van der Waals surface area contributed by atoms with Gasteiger partial charge >= 0.3 is 0 Å². The highest BCUT2D eigenvalue weighted by atomic mass is 35.5. The maximum Gasteiger partial charge on any atom is 0.142 e. The van der Waals surface area contributed by atoms with Crippen LogP contribution in [0.25, 0.3) is 0 Å². The molecule has 1 N–H and O–H groups in total. The Hall–Kier alpha value is -0.800. The van der Waals surface area contributed by atoms with Crippen LogP contribution in [0.4, 0.5) is 4.39 Å². The second kappa shape index (κ2) is 5.02. The van der Waals surface area contributed by atoms with Crippen LogP contribution in [-0.4, -0.2) is 17.3 Å². The van der Waals surface area contributed by atoms with Crippen LogP contribution in [0.1, 0.15) is 25.7 Å². The van der Waals surface area contributed by atoms with Crippen LogP contribution >= 0.6 is 11.6 Å². The zero-order valence-corrected chi connectivity index (χ0v) is 9.58.